The summed E-state index contributed by atoms with van der Waals surface area (Å²) in [6.45, 7) is 4.55. The van der Waals surface area contributed by atoms with Gasteiger partial charge in [-0.15, -0.1) is 11.3 Å². The molecule has 2 N–H and O–H groups in total. The maximum Gasteiger partial charge on any atom is 0.339 e. The number of fused-ring (bicyclic) bond motifs is 1. The molecule has 1 amide bonds. The molecule has 0 unspecified atom stereocenters. The van der Waals surface area contributed by atoms with Gasteiger partial charge in [0.2, 0.25) is 0 Å². The third-order valence-corrected chi connectivity index (χ3v) is 5.60. The summed E-state index contributed by atoms with van der Waals surface area (Å²) in [4.78, 5) is 27.4. The van der Waals surface area contributed by atoms with E-state index in [1.54, 1.807) is 24.3 Å². The molecule has 126 valence electrons. The minimum Gasteiger partial charge on any atom is -0.478 e. The Morgan fingerprint density at radius 1 is 1.38 bits per heavy atom. The fourth-order valence-corrected chi connectivity index (χ4v) is 4.36. The Kier molecular flexibility index (Phi) is 4.89. The van der Waals surface area contributed by atoms with Crippen LogP contribution in [-0.2, 0) is 13.0 Å². The number of carboxylic acids is 1. The van der Waals surface area contributed by atoms with E-state index in [1.165, 1.54) is 11.3 Å². The van der Waals surface area contributed by atoms with Gasteiger partial charge in [-0.2, -0.15) is 0 Å². The van der Waals surface area contributed by atoms with E-state index in [-0.39, 0.29) is 5.56 Å². The average Bonchev–Trinajstić information content (AvgIpc) is 2.91. The molecule has 2 heterocycles. The number of aromatic carboxylic acids is 1. The fourth-order valence-electron chi connectivity index (χ4n) is 2.86. The van der Waals surface area contributed by atoms with E-state index in [4.69, 9.17) is 11.6 Å². The average molecular weight is 365 g/mol. The number of amides is 1. The first kappa shape index (κ1) is 17.0. The first-order valence-electron chi connectivity index (χ1n) is 7.67. The summed E-state index contributed by atoms with van der Waals surface area (Å²) < 4.78 is 0. The van der Waals surface area contributed by atoms with Crippen LogP contribution in [-0.4, -0.2) is 35.0 Å². The fraction of sp³-hybridized carbons (Fsp3) is 0.294. The van der Waals surface area contributed by atoms with Gasteiger partial charge in [0.1, 0.15) is 5.00 Å². The van der Waals surface area contributed by atoms with Crippen molar-refractivity contribution in [2.75, 3.05) is 18.4 Å². The second kappa shape index (κ2) is 6.93. The van der Waals surface area contributed by atoms with Gasteiger partial charge in [0.25, 0.3) is 5.91 Å². The Morgan fingerprint density at radius 2 is 2.12 bits per heavy atom. The lowest BCUT2D eigenvalue weighted by Crippen LogP contribution is -2.29. The first-order chi connectivity index (χ1) is 11.5. The maximum atomic E-state index is 12.5. The predicted octanol–water partition coefficient (Wildman–Crippen LogP) is 3.73. The number of hydrogen-bond acceptors (Lipinski definition) is 4. The topological polar surface area (TPSA) is 69.6 Å². The van der Waals surface area contributed by atoms with E-state index in [0.717, 1.165) is 30.1 Å². The molecule has 3 rings (SSSR count). The van der Waals surface area contributed by atoms with E-state index in [9.17, 15) is 14.7 Å². The van der Waals surface area contributed by atoms with Crippen LogP contribution >= 0.6 is 22.9 Å². The molecule has 2 aromatic rings. The van der Waals surface area contributed by atoms with Crippen LogP contribution in [0.3, 0.4) is 0 Å². The third kappa shape index (κ3) is 3.17. The smallest absolute Gasteiger partial charge is 0.339 e. The molecule has 1 aliphatic rings. The van der Waals surface area contributed by atoms with Crippen molar-refractivity contribution in [1.29, 1.82) is 0 Å². The Labute approximate surface area is 148 Å². The molecule has 0 fully saturated rings. The van der Waals surface area contributed by atoms with Crippen molar-refractivity contribution < 1.29 is 14.7 Å². The number of thiophene rings is 1. The lowest BCUT2D eigenvalue weighted by Gasteiger charge is -2.25. The summed E-state index contributed by atoms with van der Waals surface area (Å²) in [6.07, 6.45) is 0.684. The zero-order chi connectivity index (χ0) is 17.3. The van der Waals surface area contributed by atoms with Crippen molar-refractivity contribution in [3.63, 3.8) is 0 Å². The number of nitrogens with zero attached hydrogens (tertiary/aromatic N) is 1. The van der Waals surface area contributed by atoms with E-state index in [0.29, 0.717) is 22.0 Å². The van der Waals surface area contributed by atoms with Gasteiger partial charge in [-0.1, -0.05) is 30.7 Å². The summed E-state index contributed by atoms with van der Waals surface area (Å²) in [7, 11) is 0. The lowest BCUT2D eigenvalue weighted by atomic mass is 10.0. The largest absolute Gasteiger partial charge is 0.478 e. The van der Waals surface area contributed by atoms with Crippen LogP contribution in [0.4, 0.5) is 5.00 Å². The monoisotopic (exact) mass is 364 g/mol. The lowest BCUT2D eigenvalue weighted by molar-refractivity contribution is 0.0696. The highest BCUT2D eigenvalue weighted by atomic mass is 35.5. The molecule has 5 nitrogen and oxygen atoms in total. The summed E-state index contributed by atoms with van der Waals surface area (Å²) >= 11 is 7.39. The molecule has 24 heavy (non-hydrogen) atoms. The quantitative estimate of drug-likeness (QED) is 0.867. The highest BCUT2D eigenvalue weighted by molar-refractivity contribution is 7.17. The molecule has 1 aliphatic heterocycles. The van der Waals surface area contributed by atoms with Crippen LogP contribution < -0.4 is 5.32 Å². The van der Waals surface area contributed by atoms with E-state index in [1.807, 2.05) is 0 Å². The Balaban J connectivity index is 1.94. The molecule has 1 aromatic carbocycles. The van der Waals surface area contributed by atoms with Gasteiger partial charge in [0, 0.05) is 18.0 Å². The van der Waals surface area contributed by atoms with Gasteiger partial charge >= 0.3 is 5.97 Å². The van der Waals surface area contributed by atoms with Gasteiger partial charge in [-0.25, -0.2) is 4.79 Å². The standard InChI is InChI=1S/C17H17ClN2O3S/c1-2-20-8-7-11-13(9-20)24-16(14(11)17(22)23)19-15(21)10-5-3-4-6-12(10)18/h3-6H,2,7-9H2,1H3,(H,19,21)(H,22,23). The molecule has 0 spiro atoms. The molecule has 0 radical (unpaired) electrons. The Bertz CT molecular complexity index is 803. The molecule has 0 aliphatic carbocycles. The van der Waals surface area contributed by atoms with Gasteiger partial charge in [-0.3, -0.25) is 9.69 Å². The number of rotatable bonds is 4. The van der Waals surface area contributed by atoms with Crippen LogP contribution in [0.25, 0.3) is 0 Å². The van der Waals surface area contributed by atoms with Gasteiger partial charge in [0.05, 0.1) is 16.1 Å². The molecule has 7 heteroatoms. The minimum atomic E-state index is -1.01. The summed E-state index contributed by atoms with van der Waals surface area (Å²) in [5, 5.41) is 13.0. The van der Waals surface area contributed by atoms with Crippen LogP contribution in [0.1, 0.15) is 38.1 Å². The minimum absolute atomic E-state index is 0.214. The highest BCUT2D eigenvalue weighted by Gasteiger charge is 2.28. The van der Waals surface area contributed by atoms with Crippen molar-refractivity contribution in [3.05, 3.63) is 50.9 Å². The van der Waals surface area contributed by atoms with Crippen LogP contribution in [0.5, 0.6) is 0 Å². The molecule has 0 saturated carbocycles. The normalized spacial score (nSPS) is 14.2. The van der Waals surface area contributed by atoms with Crippen molar-refractivity contribution in [2.24, 2.45) is 0 Å². The number of benzene rings is 1. The van der Waals surface area contributed by atoms with Gasteiger partial charge in [0.15, 0.2) is 0 Å². The molecule has 0 saturated heterocycles. The molecule has 1 aromatic heterocycles. The SMILES string of the molecule is CCN1CCc2c(sc(NC(=O)c3ccccc3Cl)c2C(=O)O)C1. The number of carboxylic acid groups (broad SMARTS) is 1. The molecule has 0 bridgehead atoms. The summed E-state index contributed by atoms with van der Waals surface area (Å²) in [6, 6.07) is 6.71. The van der Waals surface area contributed by atoms with Gasteiger partial charge in [-0.05, 0) is 30.7 Å². The van der Waals surface area contributed by atoms with E-state index < -0.39 is 11.9 Å². The number of anilines is 1. The second-order valence-corrected chi connectivity index (χ2v) is 7.08. The number of nitrogens with one attached hydrogen (secondary N) is 1. The van der Waals surface area contributed by atoms with E-state index >= 15 is 0 Å². The van der Waals surface area contributed by atoms with Crippen LogP contribution in [0.15, 0.2) is 24.3 Å². The number of carbonyl (C=O) groups is 2. The van der Waals surface area contributed by atoms with E-state index in [2.05, 4.69) is 17.1 Å². The Morgan fingerprint density at radius 3 is 2.79 bits per heavy atom. The number of hydrogen-bond donors (Lipinski definition) is 2. The number of carbonyl (C=O) groups excluding carboxylic acids is 1. The van der Waals surface area contributed by atoms with Crippen LogP contribution in [0, 0.1) is 0 Å². The predicted molar refractivity (Wildman–Crippen MR) is 95.3 cm³/mol. The van der Waals surface area contributed by atoms with Crippen molar-refractivity contribution in [1.82, 2.24) is 4.90 Å². The zero-order valence-electron chi connectivity index (χ0n) is 13.1. The summed E-state index contributed by atoms with van der Waals surface area (Å²) in [5.74, 6) is -1.40. The highest BCUT2D eigenvalue weighted by Crippen LogP contribution is 2.37. The van der Waals surface area contributed by atoms with Crippen molar-refractivity contribution in [3.8, 4) is 0 Å². The first-order valence-corrected chi connectivity index (χ1v) is 8.86. The zero-order valence-corrected chi connectivity index (χ0v) is 14.7. The second-order valence-electron chi connectivity index (χ2n) is 5.57. The van der Waals surface area contributed by atoms with Gasteiger partial charge < -0.3 is 10.4 Å². The molecular weight excluding hydrogens is 348 g/mol. The maximum absolute atomic E-state index is 12.5. The molecule has 0 atom stereocenters. The van der Waals surface area contributed by atoms with Crippen molar-refractivity contribution in [2.45, 2.75) is 19.9 Å². The Hall–Kier alpha value is -1.89. The van der Waals surface area contributed by atoms with Crippen LogP contribution in [0.2, 0.25) is 5.02 Å². The molecular formula is C17H17ClN2O3S. The number of likely N-dealkylation sites (N-methyl/N-ethyl adjacent to an activating group) is 1. The number of halogens is 1. The van der Waals surface area contributed by atoms with Crippen molar-refractivity contribution >= 4 is 39.8 Å². The third-order valence-electron chi connectivity index (χ3n) is 4.14. The summed E-state index contributed by atoms with van der Waals surface area (Å²) in [5.41, 5.74) is 1.38.